The molecule has 1 aliphatic rings. The average molecular weight is 389 g/mol. The zero-order valence-corrected chi connectivity index (χ0v) is 16.2. The van der Waals surface area contributed by atoms with Gasteiger partial charge in [-0.05, 0) is 67.5 Å². The topological polar surface area (TPSA) is 102 Å². The van der Waals surface area contributed by atoms with Crippen molar-refractivity contribution in [1.82, 2.24) is 5.32 Å². The van der Waals surface area contributed by atoms with Gasteiger partial charge in [-0.25, -0.2) is 4.79 Å². The van der Waals surface area contributed by atoms with E-state index in [1.807, 2.05) is 19.1 Å². The Balaban J connectivity index is 1.68. The van der Waals surface area contributed by atoms with Gasteiger partial charge in [0.25, 0.3) is 5.91 Å². The maximum atomic E-state index is 12.5. The fourth-order valence-electron chi connectivity index (χ4n) is 3.43. The first-order valence-corrected chi connectivity index (χ1v) is 9.60. The van der Waals surface area contributed by atoms with Crippen LogP contribution in [0.15, 0.2) is 54.2 Å². The Labute approximate surface area is 169 Å². The number of nitriles is 1. The molecule has 0 aromatic heterocycles. The second-order valence-corrected chi connectivity index (χ2v) is 7.13. The van der Waals surface area contributed by atoms with Crippen molar-refractivity contribution in [3.8, 4) is 6.07 Å². The summed E-state index contributed by atoms with van der Waals surface area (Å²) < 4.78 is 0. The lowest BCUT2D eigenvalue weighted by Gasteiger charge is -2.20. The molecule has 1 amide bonds. The number of carbonyl (C=O) groups is 2. The maximum Gasteiger partial charge on any atom is 0.335 e. The molecule has 0 spiro atoms. The summed E-state index contributed by atoms with van der Waals surface area (Å²) >= 11 is 0. The number of hydrogen-bond donors (Lipinski definition) is 3. The minimum Gasteiger partial charge on any atom is -0.478 e. The molecule has 0 aliphatic heterocycles. The normalized spacial score (nSPS) is 14.3. The number of aromatic carboxylic acids is 1. The van der Waals surface area contributed by atoms with Crippen molar-refractivity contribution in [3.63, 3.8) is 0 Å². The van der Waals surface area contributed by atoms with E-state index in [2.05, 4.69) is 22.8 Å². The van der Waals surface area contributed by atoms with Gasteiger partial charge in [0.05, 0.1) is 11.6 Å². The van der Waals surface area contributed by atoms with Crippen LogP contribution in [0, 0.1) is 11.3 Å². The van der Waals surface area contributed by atoms with Crippen LogP contribution in [-0.4, -0.2) is 17.0 Å². The lowest BCUT2D eigenvalue weighted by atomic mass is 9.89. The van der Waals surface area contributed by atoms with E-state index in [0.717, 1.165) is 18.4 Å². The van der Waals surface area contributed by atoms with Gasteiger partial charge >= 0.3 is 5.97 Å². The number of carboxylic acids is 1. The highest BCUT2D eigenvalue weighted by molar-refractivity contribution is 5.97. The molecule has 0 radical (unpaired) electrons. The van der Waals surface area contributed by atoms with Gasteiger partial charge < -0.3 is 15.7 Å². The van der Waals surface area contributed by atoms with Crippen LogP contribution < -0.4 is 10.6 Å². The van der Waals surface area contributed by atoms with Crippen LogP contribution in [-0.2, 0) is 17.6 Å². The van der Waals surface area contributed by atoms with E-state index in [0.29, 0.717) is 5.69 Å². The molecule has 148 valence electrons. The maximum absolute atomic E-state index is 12.5. The summed E-state index contributed by atoms with van der Waals surface area (Å²) in [4.78, 5) is 23.5. The van der Waals surface area contributed by atoms with Gasteiger partial charge in [0.1, 0.15) is 11.6 Å². The number of amides is 1. The molecule has 3 rings (SSSR count). The van der Waals surface area contributed by atoms with Crippen molar-refractivity contribution in [2.75, 3.05) is 5.32 Å². The van der Waals surface area contributed by atoms with Crippen LogP contribution in [0.4, 0.5) is 5.69 Å². The quantitative estimate of drug-likeness (QED) is 0.513. The van der Waals surface area contributed by atoms with Gasteiger partial charge in [0, 0.05) is 11.9 Å². The summed E-state index contributed by atoms with van der Waals surface area (Å²) in [5, 5.41) is 24.1. The lowest BCUT2D eigenvalue weighted by molar-refractivity contribution is -0.117. The minimum atomic E-state index is -1.05. The summed E-state index contributed by atoms with van der Waals surface area (Å²) in [7, 11) is 0. The Morgan fingerprint density at radius 1 is 1.14 bits per heavy atom. The number of anilines is 1. The molecule has 2 aromatic carbocycles. The fraction of sp³-hybridized carbons (Fsp3) is 0.261. The van der Waals surface area contributed by atoms with Gasteiger partial charge in [0.2, 0.25) is 0 Å². The van der Waals surface area contributed by atoms with Gasteiger partial charge in [-0.3, -0.25) is 4.79 Å². The van der Waals surface area contributed by atoms with Crippen LogP contribution in [0.25, 0.3) is 0 Å². The first-order chi connectivity index (χ1) is 14.0. The van der Waals surface area contributed by atoms with Gasteiger partial charge in [0.15, 0.2) is 0 Å². The second kappa shape index (κ2) is 9.07. The largest absolute Gasteiger partial charge is 0.478 e. The van der Waals surface area contributed by atoms with E-state index in [1.165, 1.54) is 42.3 Å². The van der Waals surface area contributed by atoms with E-state index < -0.39 is 11.9 Å². The van der Waals surface area contributed by atoms with E-state index in [-0.39, 0.29) is 17.2 Å². The summed E-state index contributed by atoms with van der Waals surface area (Å²) in [5.41, 5.74) is 4.24. The fourth-order valence-corrected chi connectivity index (χ4v) is 3.43. The molecule has 0 heterocycles. The molecular formula is C23H23N3O3. The third-order valence-electron chi connectivity index (χ3n) is 5.08. The van der Waals surface area contributed by atoms with Crippen LogP contribution in [0.3, 0.4) is 0 Å². The number of carboxylic acid groups (broad SMARTS) is 1. The van der Waals surface area contributed by atoms with Crippen LogP contribution in [0.1, 0.15) is 52.9 Å². The third kappa shape index (κ3) is 5.02. The number of hydrogen-bond acceptors (Lipinski definition) is 4. The minimum absolute atomic E-state index is 0.0875. The average Bonchev–Trinajstić information content (AvgIpc) is 2.74. The molecule has 0 saturated heterocycles. The second-order valence-electron chi connectivity index (χ2n) is 7.13. The summed E-state index contributed by atoms with van der Waals surface area (Å²) in [5.74, 6) is -1.53. The summed E-state index contributed by atoms with van der Waals surface area (Å²) in [6, 6.07) is 14.1. The molecule has 6 heteroatoms. The number of rotatable bonds is 6. The molecule has 6 nitrogen and oxygen atoms in total. The molecule has 1 aliphatic carbocycles. The summed E-state index contributed by atoms with van der Waals surface area (Å²) in [6.07, 6.45) is 5.86. The SMILES string of the molecule is CC(NC(=O)/C(C#N)=C\Nc1cccc(C(=O)O)c1)c1ccc2c(c1)CCCC2. The van der Waals surface area contributed by atoms with E-state index >= 15 is 0 Å². The lowest BCUT2D eigenvalue weighted by Crippen LogP contribution is -2.28. The molecule has 0 saturated carbocycles. The van der Waals surface area contributed by atoms with Crippen LogP contribution in [0.2, 0.25) is 0 Å². The van der Waals surface area contributed by atoms with Crippen molar-refractivity contribution in [1.29, 1.82) is 5.26 Å². The number of aryl methyl sites for hydroxylation is 2. The van der Waals surface area contributed by atoms with Crippen LogP contribution in [0.5, 0.6) is 0 Å². The van der Waals surface area contributed by atoms with Crippen molar-refractivity contribution in [3.05, 3.63) is 76.5 Å². The third-order valence-corrected chi connectivity index (χ3v) is 5.08. The highest BCUT2D eigenvalue weighted by atomic mass is 16.4. The predicted octanol–water partition coefficient (Wildman–Crippen LogP) is 3.96. The summed E-state index contributed by atoms with van der Waals surface area (Å²) in [6.45, 7) is 1.89. The Bertz CT molecular complexity index is 1000. The molecule has 1 unspecified atom stereocenters. The molecule has 1 atom stereocenters. The van der Waals surface area contributed by atoms with Gasteiger partial charge in [-0.1, -0.05) is 24.3 Å². The van der Waals surface area contributed by atoms with Crippen molar-refractivity contribution in [2.24, 2.45) is 0 Å². The molecule has 3 N–H and O–H groups in total. The monoisotopic (exact) mass is 389 g/mol. The number of fused-ring (bicyclic) bond motifs is 1. The first-order valence-electron chi connectivity index (χ1n) is 9.60. The number of carbonyl (C=O) groups excluding carboxylic acids is 1. The molecule has 0 fully saturated rings. The highest BCUT2D eigenvalue weighted by Crippen LogP contribution is 2.25. The Morgan fingerprint density at radius 2 is 1.90 bits per heavy atom. The predicted molar refractivity (Wildman–Crippen MR) is 110 cm³/mol. The van der Waals surface area contributed by atoms with Crippen molar-refractivity contribution < 1.29 is 14.7 Å². The Kier molecular flexibility index (Phi) is 6.30. The highest BCUT2D eigenvalue weighted by Gasteiger charge is 2.16. The van der Waals surface area contributed by atoms with E-state index in [9.17, 15) is 14.9 Å². The Morgan fingerprint density at radius 3 is 2.62 bits per heavy atom. The zero-order chi connectivity index (χ0) is 20.8. The zero-order valence-electron chi connectivity index (χ0n) is 16.2. The van der Waals surface area contributed by atoms with E-state index in [1.54, 1.807) is 12.1 Å². The van der Waals surface area contributed by atoms with Crippen molar-refractivity contribution in [2.45, 2.75) is 38.6 Å². The van der Waals surface area contributed by atoms with Crippen LogP contribution >= 0.6 is 0 Å². The molecule has 29 heavy (non-hydrogen) atoms. The molecule has 2 aromatic rings. The van der Waals surface area contributed by atoms with E-state index in [4.69, 9.17) is 5.11 Å². The van der Waals surface area contributed by atoms with Gasteiger partial charge in [-0.15, -0.1) is 0 Å². The number of nitrogens with zero attached hydrogens (tertiary/aromatic N) is 1. The number of benzene rings is 2. The Hall–Kier alpha value is -3.59. The smallest absolute Gasteiger partial charge is 0.335 e. The standard InChI is InChI=1S/C23H23N3O3/c1-15(17-10-9-16-5-2-3-6-18(16)11-17)26-22(27)20(13-24)14-25-21-8-4-7-19(12-21)23(28)29/h4,7-12,14-15,25H,2-3,5-6H2,1H3,(H,26,27)(H,28,29)/b20-14-. The van der Waals surface area contributed by atoms with Gasteiger partial charge in [-0.2, -0.15) is 5.26 Å². The molecule has 0 bridgehead atoms. The number of nitrogens with one attached hydrogen (secondary N) is 2. The molecular weight excluding hydrogens is 366 g/mol. The van der Waals surface area contributed by atoms with Crippen molar-refractivity contribution >= 4 is 17.6 Å². The first kappa shape index (κ1) is 20.2.